The van der Waals surface area contributed by atoms with Crippen molar-refractivity contribution in [3.8, 4) is 0 Å². The first-order valence-electron chi connectivity index (χ1n) is 12.0. The quantitative estimate of drug-likeness (QED) is 0.625. The van der Waals surface area contributed by atoms with Crippen molar-refractivity contribution in [3.05, 3.63) is 23.8 Å². The fourth-order valence-corrected chi connectivity index (χ4v) is 8.49. The molecule has 6 aliphatic rings. The van der Waals surface area contributed by atoms with Gasteiger partial charge in [-0.3, -0.25) is 0 Å². The predicted molar refractivity (Wildman–Crippen MR) is 113 cm³/mol. The van der Waals surface area contributed by atoms with E-state index in [9.17, 15) is 5.11 Å². The van der Waals surface area contributed by atoms with Gasteiger partial charge in [0.25, 0.3) is 0 Å². The summed E-state index contributed by atoms with van der Waals surface area (Å²) in [5, 5.41) is 11.6. The van der Waals surface area contributed by atoms with Gasteiger partial charge in [-0.05, 0) is 61.7 Å². The molecule has 2 saturated heterocycles. The fraction of sp³-hybridized carbons (Fsp3) is 0.840. The molecule has 1 N–H and O–H groups in total. The monoisotopic (exact) mass is 418 g/mol. The van der Waals surface area contributed by atoms with Crippen molar-refractivity contribution in [2.45, 2.75) is 83.7 Å². The summed E-state index contributed by atoms with van der Waals surface area (Å²) in [6, 6.07) is 0. The highest BCUT2D eigenvalue weighted by Gasteiger charge is 2.76. The SMILES string of the molecule is CC.C[C@]12CC=CC=C1CC[C@@H]1[C@@H]2[C@@H](O)C[C@@]2(C)[C@H]1CC[C@@]21OCOC12COCO2. The van der Waals surface area contributed by atoms with E-state index in [1.165, 1.54) is 12.0 Å². The third kappa shape index (κ3) is 2.42. The molecule has 168 valence electrons. The first-order chi connectivity index (χ1) is 14.5. The summed E-state index contributed by atoms with van der Waals surface area (Å²) in [6.07, 6.45) is 12.6. The summed E-state index contributed by atoms with van der Waals surface area (Å²) in [4.78, 5) is 0. The maximum Gasteiger partial charge on any atom is 0.226 e. The minimum atomic E-state index is -0.805. The second kappa shape index (κ2) is 7.14. The summed E-state index contributed by atoms with van der Waals surface area (Å²) in [6.45, 7) is 9.66. The van der Waals surface area contributed by atoms with Crippen LogP contribution in [0, 0.1) is 28.6 Å². The summed E-state index contributed by atoms with van der Waals surface area (Å²) in [5.41, 5.74) is 0.943. The molecule has 0 aromatic heterocycles. The molecule has 30 heavy (non-hydrogen) atoms. The molecule has 2 spiro atoms. The van der Waals surface area contributed by atoms with E-state index in [4.69, 9.17) is 18.9 Å². The third-order valence-corrected chi connectivity index (χ3v) is 9.65. The van der Waals surface area contributed by atoms with E-state index >= 15 is 0 Å². The Morgan fingerprint density at radius 2 is 1.87 bits per heavy atom. The van der Waals surface area contributed by atoms with Gasteiger partial charge in [-0.15, -0.1) is 0 Å². The Kier molecular flexibility index (Phi) is 5.03. The molecule has 5 heteroatoms. The van der Waals surface area contributed by atoms with Crippen molar-refractivity contribution in [2.24, 2.45) is 28.6 Å². The maximum atomic E-state index is 11.6. The standard InChI is InChI=1S/C23H32O5.C2H6/c1-20-9-4-3-5-15(20)6-7-16-17-8-10-22(21(17,2)11-18(24)19(16)20)23(28-14-26-22)12-25-13-27-23;1-2/h3-5,16-19,24H,6-14H2,1-2H3;1-2H3/t16-,17-,18-,19+,20-,21-,22+,23?;/m0./s1. The largest absolute Gasteiger partial charge is 0.393 e. The smallest absolute Gasteiger partial charge is 0.226 e. The van der Waals surface area contributed by atoms with Gasteiger partial charge in [0.05, 0.1) is 6.10 Å². The van der Waals surface area contributed by atoms with Gasteiger partial charge in [-0.25, -0.2) is 0 Å². The van der Waals surface area contributed by atoms with E-state index in [-0.39, 0.29) is 30.5 Å². The van der Waals surface area contributed by atoms with Crippen molar-refractivity contribution < 1.29 is 24.1 Å². The molecule has 0 amide bonds. The highest BCUT2D eigenvalue weighted by Crippen LogP contribution is 2.71. The molecule has 0 radical (unpaired) electrons. The van der Waals surface area contributed by atoms with Crippen LogP contribution in [-0.2, 0) is 18.9 Å². The molecule has 2 heterocycles. The zero-order valence-corrected chi connectivity index (χ0v) is 19.0. The van der Waals surface area contributed by atoms with Gasteiger partial charge in [-0.2, -0.15) is 0 Å². The number of hydrogen-bond acceptors (Lipinski definition) is 5. The Hall–Kier alpha value is -0.720. The molecule has 0 aromatic carbocycles. The van der Waals surface area contributed by atoms with Crippen LogP contribution in [0.3, 0.4) is 0 Å². The topological polar surface area (TPSA) is 57.2 Å². The third-order valence-electron chi connectivity index (χ3n) is 9.65. The van der Waals surface area contributed by atoms with Crippen LogP contribution in [0.2, 0.25) is 0 Å². The minimum Gasteiger partial charge on any atom is -0.393 e. The maximum absolute atomic E-state index is 11.6. The second-order valence-corrected chi connectivity index (χ2v) is 10.4. The van der Waals surface area contributed by atoms with E-state index in [0.29, 0.717) is 24.4 Å². The normalized spacial score (nSPS) is 53.7. The molecule has 4 aliphatic carbocycles. The molecular weight excluding hydrogens is 380 g/mol. The van der Waals surface area contributed by atoms with Crippen molar-refractivity contribution in [3.63, 3.8) is 0 Å². The van der Waals surface area contributed by atoms with E-state index in [1.54, 1.807) is 0 Å². The van der Waals surface area contributed by atoms with Crippen LogP contribution in [0.25, 0.3) is 0 Å². The van der Waals surface area contributed by atoms with Gasteiger partial charge in [-0.1, -0.05) is 51.5 Å². The minimum absolute atomic E-state index is 0.0891. The average Bonchev–Trinajstić information content (AvgIpc) is 3.44. The van der Waals surface area contributed by atoms with Crippen molar-refractivity contribution in [1.82, 2.24) is 0 Å². The van der Waals surface area contributed by atoms with Gasteiger partial charge >= 0.3 is 0 Å². The fourth-order valence-electron chi connectivity index (χ4n) is 8.49. The lowest BCUT2D eigenvalue weighted by molar-refractivity contribution is -0.257. The highest BCUT2D eigenvalue weighted by atomic mass is 16.9. The number of rotatable bonds is 0. The Labute approximate surface area is 180 Å². The lowest BCUT2D eigenvalue weighted by Crippen LogP contribution is -2.66. The Bertz CT molecular complexity index is 734. The molecule has 3 saturated carbocycles. The molecule has 6 rings (SSSR count). The highest BCUT2D eigenvalue weighted by molar-refractivity contribution is 5.32. The van der Waals surface area contributed by atoms with E-state index < -0.39 is 11.4 Å². The second-order valence-electron chi connectivity index (χ2n) is 10.4. The molecular formula is C25H38O5. The molecule has 5 fully saturated rings. The Morgan fingerprint density at radius 1 is 1.07 bits per heavy atom. The summed E-state index contributed by atoms with van der Waals surface area (Å²) >= 11 is 0. The molecule has 0 bridgehead atoms. The van der Waals surface area contributed by atoms with Crippen LogP contribution in [-0.4, -0.2) is 42.8 Å². The summed E-state index contributed by atoms with van der Waals surface area (Å²) < 4.78 is 24.1. The first kappa shape index (κ1) is 21.1. The zero-order chi connectivity index (χ0) is 21.2. The van der Waals surface area contributed by atoms with Crippen LogP contribution >= 0.6 is 0 Å². The average molecular weight is 419 g/mol. The van der Waals surface area contributed by atoms with E-state index in [2.05, 4.69) is 32.1 Å². The van der Waals surface area contributed by atoms with Gasteiger partial charge in [0, 0.05) is 5.41 Å². The van der Waals surface area contributed by atoms with Crippen LogP contribution < -0.4 is 0 Å². The number of ether oxygens (including phenoxy) is 4. The number of allylic oxidation sites excluding steroid dienone is 4. The van der Waals surface area contributed by atoms with Gasteiger partial charge in [0.2, 0.25) is 5.79 Å². The van der Waals surface area contributed by atoms with Gasteiger partial charge in [0.1, 0.15) is 12.2 Å². The van der Waals surface area contributed by atoms with Crippen molar-refractivity contribution in [1.29, 1.82) is 0 Å². The predicted octanol–water partition coefficient (Wildman–Crippen LogP) is 4.56. The molecule has 8 atom stereocenters. The lowest BCUT2D eigenvalue weighted by atomic mass is 9.45. The van der Waals surface area contributed by atoms with E-state index in [0.717, 1.165) is 32.1 Å². The summed E-state index contributed by atoms with van der Waals surface area (Å²) in [7, 11) is 0. The Balaban J connectivity index is 0.000000937. The molecule has 2 aliphatic heterocycles. The molecule has 1 unspecified atom stereocenters. The van der Waals surface area contributed by atoms with Crippen LogP contribution in [0.1, 0.15) is 66.2 Å². The van der Waals surface area contributed by atoms with Gasteiger partial charge in [0.15, 0.2) is 13.6 Å². The lowest BCUT2D eigenvalue weighted by Gasteiger charge is -2.61. The molecule has 5 nitrogen and oxygen atoms in total. The molecule has 0 aromatic rings. The van der Waals surface area contributed by atoms with Crippen molar-refractivity contribution in [2.75, 3.05) is 20.2 Å². The van der Waals surface area contributed by atoms with E-state index in [1.807, 2.05) is 13.8 Å². The zero-order valence-electron chi connectivity index (χ0n) is 19.0. The van der Waals surface area contributed by atoms with Crippen molar-refractivity contribution >= 4 is 0 Å². The number of fused-ring (bicyclic) bond motifs is 7. The van der Waals surface area contributed by atoms with Crippen LogP contribution in [0.15, 0.2) is 23.8 Å². The Morgan fingerprint density at radius 3 is 2.63 bits per heavy atom. The number of aliphatic hydroxyl groups is 1. The first-order valence-corrected chi connectivity index (χ1v) is 12.0. The number of aliphatic hydroxyl groups excluding tert-OH is 1. The summed E-state index contributed by atoms with van der Waals surface area (Å²) in [5.74, 6) is 0.559. The number of hydrogen-bond donors (Lipinski definition) is 1. The van der Waals surface area contributed by atoms with Crippen LogP contribution in [0.4, 0.5) is 0 Å². The van der Waals surface area contributed by atoms with Crippen LogP contribution in [0.5, 0.6) is 0 Å². The van der Waals surface area contributed by atoms with Gasteiger partial charge < -0.3 is 24.1 Å².